The second-order valence-corrected chi connectivity index (χ2v) is 5.16. The highest BCUT2D eigenvalue weighted by atomic mass is 79.9. The number of hydrogen-bond acceptors (Lipinski definition) is 3. The number of ether oxygens (including phenoxy) is 1. The van der Waals surface area contributed by atoms with Gasteiger partial charge in [0.15, 0.2) is 0 Å². The van der Waals surface area contributed by atoms with E-state index in [1.54, 1.807) is 19.4 Å². The van der Waals surface area contributed by atoms with Gasteiger partial charge in [-0.2, -0.15) is 0 Å². The van der Waals surface area contributed by atoms with Crippen LogP contribution in [0.15, 0.2) is 41.0 Å². The predicted molar refractivity (Wildman–Crippen MR) is 80.8 cm³/mol. The van der Waals surface area contributed by atoms with Gasteiger partial charge >= 0.3 is 0 Å². The van der Waals surface area contributed by atoms with Crippen LogP contribution in [-0.2, 0) is 6.54 Å². The van der Waals surface area contributed by atoms with Crippen LogP contribution >= 0.6 is 15.9 Å². The number of rotatable bonds is 4. The number of amides is 1. The van der Waals surface area contributed by atoms with E-state index in [1.165, 1.54) is 0 Å². The second-order valence-electron chi connectivity index (χ2n) is 4.30. The summed E-state index contributed by atoms with van der Waals surface area (Å²) in [4.78, 5) is 16.2. The van der Waals surface area contributed by atoms with Crippen LogP contribution in [0.1, 0.15) is 21.5 Å². The maximum atomic E-state index is 12.1. The van der Waals surface area contributed by atoms with Gasteiger partial charge in [-0.3, -0.25) is 4.79 Å². The van der Waals surface area contributed by atoms with Gasteiger partial charge in [0.1, 0.15) is 0 Å². The van der Waals surface area contributed by atoms with Crippen LogP contribution in [0, 0.1) is 6.92 Å². The lowest BCUT2D eigenvalue weighted by atomic mass is 10.1. The van der Waals surface area contributed by atoms with E-state index in [4.69, 9.17) is 4.74 Å². The minimum atomic E-state index is -0.0976. The van der Waals surface area contributed by atoms with Crippen molar-refractivity contribution in [3.63, 3.8) is 0 Å². The SMILES string of the molecule is COc1ccc(CNC(=O)c2cccc(Br)c2C)cn1. The van der Waals surface area contributed by atoms with E-state index in [9.17, 15) is 4.79 Å². The minimum Gasteiger partial charge on any atom is -0.481 e. The van der Waals surface area contributed by atoms with Crippen molar-refractivity contribution >= 4 is 21.8 Å². The largest absolute Gasteiger partial charge is 0.481 e. The van der Waals surface area contributed by atoms with Crippen molar-refractivity contribution in [1.82, 2.24) is 10.3 Å². The molecule has 2 aromatic rings. The summed E-state index contributed by atoms with van der Waals surface area (Å²) >= 11 is 3.42. The average molecular weight is 335 g/mol. The van der Waals surface area contributed by atoms with E-state index in [0.717, 1.165) is 15.6 Å². The molecule has 1 aromatic carbocycles. The van der Waals surface area contributed by atoms with E-state index in [0.29, 0.717) is 18.0 Å². The van der Waals surface area contributed by atoms with Gasteiger partial charge < -0.3 is 10.1 Å². The first-order valence-corrected chi connectivity index (χ1v) is 6.93. The maximum Gasteiger partial charge on any atom is 0.251 e. The summed E-state index contributed by atoms with van der Waals surface area (Å²) in [6.07, 6.45) is 1.69. The molecule has 20 heavy (non-hydrogen) atoms. The van der Waals surface area contributed by atoms with Crippen molar-refractivity contribution in [3.05, 3.63) is 57.7 Å². The Morgan fingerprint density at radius 1 is 1.35 bits per heavy atom. The lowest BCUT2D eigenvalue weighted by molar-refractivity contribution is 0.0950. The highest BCUT2D eigenvalue weighted by molar-refractivity contribution is 9.10. The number of nitrogens with zero attached hydrogens (tertiary/aromatic N) is 1. The molecule has 104 valence electrons. The summed E-state index contributed by atoms with van der Waals surface area (Å²) in [6, 6.07) is 9.22. The number of pyridine rings is 1. The number of halogens is 1. The van der Waals surface area contributed by atoms with Crippen molar-refractivity contribution in [2.75, 3.05) is 7.11 Å². The van der Waals surface area contributed by atoms with Gasteiger partial charge in [-0.05, 0) is 30.2 Å². The fraction of sp³-hybridized carbons (Fsp3) is 0.200. The molecular formula is C15H15BrN2O2. The zero-order valence-corrected chi connectivity index (χ0v) is 12.9. The highest BCUT2D eigenvalue weighted by Crippen LogP contribution is 2.19. The molecule has 1 amide bonds. The molecule has 1 aromatic heterocycles. The molecule has 0 spiro atoms. The number of benzene rings is 1. The van der Waals surface area contributed by atoms with E-state index in [2.05, 4.69) is 26.2 Å². The fourth-order valence-electron chi connectivity index (χ4n) is 1.77. The summed E-state index contributed by atoms with van der Waals surface area (Å²) in [6.45, 7) is 2.34. The van der Waals surface area contributed by atoms with Crippen LogP contribution < -0.4 is 10.1 Å². The van der Waals surface area contributed by atoms with E-state index in [-0.39, 0.29) is 5.91 Å². The van der Waals surface area contributed by atoms with Gasteiger partial charge in [0.2, 0.25) is 5.88 Å². The van der Waals surface area contributed by atoms with Crippen molar-refractivity contribution in [2.24, 2.45) is 0 Å². The molecule has 0 saturated carbocycles. The van der Waals surface area contributed by atoms with Crippen LogP contribution in [-0.4, -0.2) is 18.0 Å². The van der Waals surface area contributed by atoms with Crippen LogP contribution in [0.4, 0.5) is 0 Å². The standard InChI is InChI=1S/C15H15BrN2O2/c1-10-12(4-3-5-13(10)16)15(19)18-9-11-6-7-14(20-2)17-8-11/h3-8H,9H2,1-2H3,(H,18,19). The lowest BCUT2D eigenvalue weighted by Gasteiger charge is -2.09. The summed E-state index contributed by atoms with van der Waals surface area (Å²) < 4.78 is 5.92. The van der Waals surface area contributed by atoms with Crippen LogP contribution in [0.25, 0.3) is 0 Å². The van der Waals surface area contributed by atoms with Gasteiger partial charge in [-0.15, -0.1) is 0 Å². The summed E-state index contributed by atoms with van der Waals surface area (Å²) in [5.41, 5.74) is 2.52. The Kier molecular flexibility index (Phi) is 4.74. The quantitative estimate of drug-likeness (QED) is 0.934. The minimum absolute atomic E-state index is 0.0976. The van der Waals surface area contributed by atoms with Crippen molar-refractivity contribution in [2.45, 2.75) is 13.5 Å². The van der Waals surface area contributed by atoms with Crippen molar-refractivity contribution < 1.29 is 9.53 Å². The molecule has 5 heteroatoms. The van der Waals surface area contributed by atoms with Crippen LogP contribution in [0.2, 0.25) is 0 Å². The fourth-order valence-corrected chi connectivity index (χ4v) is 2.13. The molecule has 0 bridgehead atoms. The normalized spacial score (nSPS) is 10.2. The Morgan fingerprint density at radius 2 is 2.15 bits per heavy atom. The Hall–Kier alpha value is -1.88. The van der Waals surface area contributed by atoms with Gasteiger partial charge in [-0.1, -0.05) is 28.1 Å². The number of carbonyl (C=O) groups excluding carboxylic acids is 1. The molecule has 0 fully saturated rings. The Bertz CT molecular complexity index is 612. The van der Waals surface area contributed by atoms with Gasteiger partial charge in [0.05, 0.1) is 7.11 Å². The van der Waals surface area contributed by atoms with E-state index in [1.807, 2.05) is 31.2 Å². The number of hydrogen-bond donors (Lipinski definition) is 1. The molecule has 0 unspecified atom stereocenters. The first kappa shape index (κ1) is 14.5. The first-order valence-electron chi connectivity index (χ1n) is 6.14. The third kappa shape index (κ3) is 3.36. The number of carbonyl (C=O) groups is 1. The van der Waals surface area contributed by atoms with Crippen molar-refractivity contribution in [3.8, 4) is 5.88 Å². The second kappa shape index (κ2) is 6.52. The lowest BCUT2D eigenvalue weighted by Crippen LogP contribution is -2.23. The third-order valence-corrected chi connectivity index (χ3v) is 3.83. The van der Waals surface area contributed by atoms with Crippen LogP contribution in [0.3, 0.4) is 0 Å². The zero-order chi connectivity index (χ0) is 14.5. The first-order chi connectivity index (χ1) is 9.61. The summed E-state index contributed by atoms with van der Waals surface area (Å²) in [5.74, 6) is 0.461. The molecule has 0 aliphatic heterocycles. The third-order valence-electron chi connectivity index (χ3n) is 2.97. The molecule has 4 nitrogen and oxygen atoms in total. The van der Waals surface area contributed by atoms with Gasteiger partial charge in [0, 0.05) is 28.8 Å². The Morgan fingerprint density at radius 3 is 2.80 bits per heavy atom. The van der Waals surface area contributed by atoms with Gasteiger partial charge in [-0.25, -0.2) is 4.98 Å². The summed E-state index contributed by atoms with van der Waals surface area (Å²) in [5, 5.41) is 2.88. The molecule has 1 heterocycles. The molecule has 0 saturated heterocycles. The monoisotopic (exact) mass is 334 g/mol. The summed E-state index contributed by atoms with van der Waals surface area (Å²) in [7, 11) is 1.57. The molecule has 0 aliphatic rings. The molecule has 0 atom stereocenters. The number of aromatic nitrogens is 1. The smallest absolute Gasteiger partial charge is 0.251 e. The van der Waals surface area contributed by atoms with E-state index >= 15 is 0 Å². The van der Waals surface area contributed by atoms with Crippen molar-refractivity contribution in [1.29, 1.82) is 0 Å². The molecule has 0 radical (unpaired) electrons. The van der Waals surface area contributed by atoms with E-state index < -0.39 is 0 Å². The molecule has 0 aliphatic carbocycles. The Labute approximate surface area is 126 Å². The molecule has 1 N–H and O–H groups in total. The number of methoxy groups -OCH3 is 1. The molecular weight excluding hydrogens is 320 g/mol. The molecule has 2 rings (SSSR count). The zero-order valence-electron chi connectivity index (χ0n) is 11.3. The topological polar surface area (TPSA) is 51.2 Å². The highest BCUT2D eigenvalue weighted by Gasteiger charge is 2.10. The average Bonchev–Trinajstić information content (AvgIpc) is 2.48. The van der Waals surface area contributed by atoms with Crippen LogP contribution in [0.5, 0.6) is 5.88 Å². The maximum absolute atomic E-state index is 12.1. The number of nitrogens with one attached hydrogen (secondary N) is 1. The Balaban J connectivity index is 2.02. The predicted octanol–water partition coefficient (Wildman–Crippen LogP) is 3.09. The van der Waals surface area contributed by atoms with Gasteiger partial charge in [0.25, 0.3) is 5.91 Å².